The van der Waals surface area contributed by atoms with Crippen LogP contribution in [0.2, 0.25) is 5.28 Å². The second-order valence-electron chi connectivity index (χ2n) is 3.85. The first kappa shape index (κ1) is 14.2. The zero-order valence-corrected chi connectivity index (χ0v) is 11.1. The van der Waals surface area contributed by atoms with Gasteiger partial charge in [0.25, 0.3) is 0 Å². The van der Waals surface area contributed by atoms with E-state index in [-0.39, 0.29) is 17.9 Å². The fraction of sp³-hybridized carbons (Fsp3) is 0.455. The number of nitrogens with one attached hydrogen (secondary N) is 1. The summed E-state index contributed by atoms with van der Waals surface area (Å²) < 4.78 is 0. The van der Waals surface area contributed by atoms with E-state index < -0.39 is 0 Å². The Balaban J connectivity index is 3.02. The van der Waals surface area contributed by atoms with Crippen molar-refractivity contribution in [3.63, 3.8) is 0 Å². The van der Waals surface area contributed by atoms with Crippen molar-refractivity contribution >= 4 is 23.5 Å². The second-order valence-corrected chi connectivity index (χ2v) is 4.19. The van der Waals surface area contributed by atoms with Gasteiger partial charge < -0.3 is 10.2 Å². The summed E-state index contributed by atoms with van der Waals surface area (Å²) in [5.74, 6) is 0.756. The van der Waals surface area contributed by atoms with E-state index in [1.54, 1.807) is 11.0 Å². The molecular weight excluding hydrogens is 252 g/mol. The fourth-order valence-corrected chi connectivity index (χ4v) is 1.42. The lowest BCUT2D eigenvalue weighted by Gasteiger charge is -2.18. The Bertz CT molecular complexity index is 453. The van der Waals surface area contributed by atoms with Crippen LogP contribution >= 0.6 is 11.6 Å². The molecule has 0 unspecified atom stereocenters. The molecule has 1 rings (SSSR count). The van der Waals surface area contributed by atoms with Crippen LogP contribution in [0, 0.1) is 11.3 Å². The standard InChI is InChI=1S/C11H15ClN6/c1-4-6-18(7-5-13)11-16-9(12)15-10(17-11)14-8(2)3/h4,8H,1,6-7H2,2-3H3,(H,14,15,16,17). The summed E-state index contributed by atoms with van der Waals surface area (Å²) in [4.78, 5) is 13.9. The molecule has 0 aliphatic heterocycles. The summed E-state index contributed by atoms with van der Waals surface area (Å²) in [5.41, 5.74) is 0. The van der Waals surface area contributed by atoms with Crippen LogP contribution in [0.15, 0.2) is 12.7 Å². The molecule has 0 bridgehead atoms. The minimum Gasteiger partial charge on any atom is -0.352 e. The molecule has 0 fully saturated rings. The molecule has 1 N–H and O–H groups in total. The number of halogens is 1. The van der Waals surface area contributed by atoms with Gasteiger partial charge in [-0.2, -0.15) is 20.2 Å². The molecule has 0 spiro atoms. The molecule has 1 aromatic rings. The number of anilines is 2. The topological polar surface area (TPSA) is 77.7 Å². The monoisotopic (exact) mass is 266 g/mol. The van der Waals surface area contributed by atoms with Crippen LogP contribution in [0.3, 0.4) is 0 Å². The quantitative estimate of drug-likeness (QED) is 0.625. The highest BCUT2D eigenvalue weighted by Gasteiger charge is 2.12. The van der Waals surface area contributed by atoms with Crippen molar-refractivity contribution in [2.75, 3.05) is 23.3 Å². The molecule has 96 valence electrons. The van der Waals surface area contributed by atoms with E-state index in [4.69, 9.17) is 16.9 Å². The fourth-order valence-electron chi connectivity index (χ4n) is 1.26. The summed E-state index contributed by atoms with van der Waals surface area (Å²) >= 11 is 5.84. The maximum Gasteiger partial charge on any atom is 0.232 e. The van der Waals surface area contributed by atoms with E-state index >= 15 is 0 Å². The summed E-state index contributed by atoms with van der Waals surface area (Å²) in [6.07, 6.45) is 1.67. The molecule has 0 aliphatic carbocycles. The SMILES string of the molecule is C=CCN(CC#N)c1nc(Cl)nc(NC(C)C)n1. The third kappa shape index (κ3) is 4.18. The lowest BCUT2D eigenvalue weighted by Crippen LogP contribution is -2.26. The highest BCUT2D eigenvalue weighted by atomic mass is 35.5. The van der Waals surface area contributed by atoms with Crippen LogP contribution in [0.25, 0.3) is 0 Å². The van der Waals surface area contributed by atoms with Crippen molar-refractivity contribution < 1.29 is 0 Å². The molecule has 6 nitrogen and oxygen atoms in total. The average molecular weight is 267 g/mol. The van der Waals surface area contributed by atoms with Gasteiger partial charge in [-0.1, -0.05) is 6.08 Å². The second kappa shape index (κ2) is 6.77. The molecule has 1 aromatic heterocycles. The number of aromatic nitrogens is 3. The van der Waals surface area contributed by atoms with E-state index in [1.807, 2.05) is 19.9 Å². The Labute approximate surface area is 111 Å². The summed E-state index contributed by atoms with van der Waals surface area (Å²) in [7, 11) is 0. The highest BCUT2D eigenvalue weighted by Crippen LogP contribution is 2.14. The van der Waals surface area contributed by atoms with Crippen LogP contribution in [0.1, 0.15) is 13.8 Å². The normalized spacial score (nSPS) is 9.94. The third-order valence-electron chi connectivity index (χ3n) is 1.91. The van der Waals surface area contributed by atoms with Crippen LogP contribution in [-0.2, 0) is 0 Å². The molecule has 0 amide bonds. The third-order valence-corrected chi connectivity index (χ3v) is 2.08. The molecular formula is C11H15ClN6. The minimum absolute atomic E-state index is 0.0927. The van der Waals surface area contributed by atoms with Crippen LogP contribution in [0.4, 0.5) is 11.9 Å². The number of hydrogen-bond donors (Lipinski definition) is 1. The van der Waals surface area contributed by atoms with Gasteiger partial charge in [0.05, 0.1) is 6.07 Å². The Morgan fingerprint density at radius 1 is 1.50 bits per heavy atom. The lowest BCUT2D eigenvalue weighted by atomic mass is 10.4. The average Bonchev–Trinajstić information content (AvgIpc) is 2.27. The summed E-state index contributed by atoms with van der Waals surface area (Å²) in [5, 5.41) is 11.9. The maximum absolute atomic E-state index is 8.76. The first-order chi connectivity index (χ1) is 8.56. The Hall–Kier alpha value is -1.87. The Morgan fingerprint density at radius 2 is 2.22 bits per heavy atom. The predicted octanol–water partition coefficient (Wildman–Crippen LogP) is 1.86. The molecule has 0 atom stereocenters. The number of rotatable bonds is 6. The van der Waals surface area contributed by atoms with Crippen molar-refractivity contribution in [2.45, 2.75) is 19.9 Å². The molecule has 0 radical (unpaired) electrons. The van der Waals surface area contributed by atoms with E-state index in [0.29, 0.717) is 18.4 Å². The van der Waals surface area contributed by atoms with Gasteiger partial charge in [-0.05, 0) is 25.4 Å². The number of hydrogen-bond acceptors (Lipinski definition) is 6. The van der Waals surface area contributed by atoms with Crippen molar-refractivity contribution in [1.29, 1.82) is 5.26 Å². The van der Waals surface area contributed by atoms with Gasteiger partial charge in [-0.15, -0.1) is 6.58 Å². The molecule has 0 aliphatic rings. The van der Waals surface area contributed by atoms with Crippen LogP contribution < -0.4 is 10.2 Å². The predicted molar refractivity (Wildman–Crippen MR) is 71.6 cm³/mol. The first-order valence-electron chi connectivity index (χ1n) is 5.47. The molecule has 18 heavy (non-hydrogen) atoms. The maximum atomic E-state index is 8.76. The molecule has 0 saturated heterocycles. The highest BCUT2D eigenvalue weighted by molar-refractivity contribution is 6.28. The molecule has 1 heterocycles. The zero-order chi connectivity index (χ0) is 13.5. The summed E-state index contributed by atoms with van der Waals surface area (Å²) in [6.45, 7) is 8.19. The van der Waals surface area contributed by atoms with E-state index in [0.717, 1.165) is 0 Å². The molecule has 7 heteroatoms. The van der Waals surface area contributed by atoms with E-state index in [2.05, 4.69) is 26.8 Å². The van der Waals surface area contributed by atoms with Gasteiger partial charge in [-0.25, -0.2) is 0 Å². The van der Waals surface area contributed by atoms with Crippen molar-refractivity contribution in [2.24, 2.45) is 0 Å². The lowest BCUT2D eigenvalue weighted by molar-refractivity contribution is 0.840. The first-order valence-corrected chi connectivity index (χ1v) is 5.85. The van der Waals surface area contributed by atoms with Gasteiger partial charge in [0, 0.05) is 12.6 Å². The smallest absolute Gasteiger partial charge is 0.232 e. The van der Waals surface area contributed by atoms with Crippen molar-refractivity contribution in [3.05, 3.63) is 17.9 Å². The van der Waals surface area contributed by atoms with E-state index in [1.165, 1.54) is 0 Å². The van der Waals surface area contributed by atoms with Gasteiger partial charge in [0.2, 0.25) is 17.2 Å². The minimum atomic E-state index is 0.0927. The van der Waals surface area contributed by atoms with Crippen LogP contribution in [-0.4, -0.2) is 34.1 Å². The largest absolute Gasteiger partial charge is 0.352 e. The van der Waals surface area contributed by atoms with Crippen molar-refractivity contribution in [3.8, 4) is 6.07 Å². The van der Waals surface area contributed by atoms with Gasteiger partial charge in [0.1, 0.15) is 6.54 Å². The number of nitrogens with zero attached hydrogens (tertiary/aromatic N) is 5. The van der Waals surface area contributed by atoms with Crippen molar-refractivity contribution in [1.82, 2.24) is 15.0 Å². The molecule has 0 saturated carbocycles. The van der Waals surface area contributed by atoms with E-state index in [9.17, 15) is 0 Å². The molecule has 0 aromatic carbocycles. The zero-order valence-electron chi connectivity index (χ0n) is 10.4. The van der Waals surface area contributed by atoms with Gasteiger partial charge >= 0.3 is 0 Å². The number of nitriles is 1. The Kier molecular flexibility index (Phi) is 5.33. The van der Waals surface area contributed by atoms with Crippen LogP contribution in [0.5, 0.6) is 0 Å². The van der Waals surface area contributed by atoms with Gasteiger partial charge in [-0.3, -0.25) is 0 Å². The Morgan fingerprint density at radius 3 is 2.78 bits per heavy atom. The van der Waals surface area contributed by atoms with Gasteiger partial charge in [0.15, 0.2) is 0 Å². The summed E-state index contributed by atoms with van der Waals surface area (Å²) in [6, 6.07) is 2.23.